The van der Waals surface area contributed by atoms with E-state index in [4.69, 9.17) is 0 Å². The molecule has 0 aliphatic heterocycles. The number of aliphatic carboxylic acids is 1. The number of ketones is 1. The number of aryl methyl sites for hydroxylation is 1. The quantitative estimate of drug-likeness (QED) is 0.496. The van der Waals surface area contributed by atoms with E-state index >= 15 is 0 Å². The zero-order valence-electron chi connectivity index (χ0n) is 21.3. The number of para-hydroxylation sites is 1. The topological polar surface area (TPSA) is 96.7 Å². The summed E-state index contributed by atoms with van der Waals surface area (Å²) in [7, 11) is -2.28. The Labute approximate surface area is 212 Å². The smallest absolute Gasteiger partial charge is 0.323 e. The normalized spacial score (nSPS) is 15.0. The number of rotatable bonds is 7. The van der Waals surface area contributed by atoms with E-state index in [1.165, 1.54) is 11.4 Å². The number of carbonyl (C=O) groups is 2. The number of hydrogen-bond donors (Lipinski definition) is 1. The van der Waals surface area contributed by atoms with Crippen LogP contribution in [0.3, 0.4) is 0 Å². The number of fused-ring (bicyclic) bond motifs is 1. The molecule has 1 aliphatic carbocycles. The molecule has 7 nitrogen and oxygen atoms in total. The highest BCUT2D eigenvalue weighted by Crippen LogP contribution is 2.40. The Morgan fingerprint density at radius 3 is 2.33 bits per heavy atom. The second-order valence-electron chi connectivity index (χ2n) is 10.4. The number of carboxylic acid groups (broad SMARTS) is 1. The van der Waals surface area contributed by atoms with Gasteiger partial charge in [-0.2, -0.15) is 0 Å². The molecule has 0 spiro atoms. The maximum atomic E-state index is 13.4. The Hall–Kier alpha value is -3.39. The number of nitrogens with zero attached hydrogens (tertiary/aromatic N) is 2. The molecule has 4 rings (SSSR count). The molecule has 1 aliphatic rings. The van der Waals surface area contributed by atoms with Crippen molar-refractivity contribution >= 4 is 27.5 Å². The third-order valence-electron chi connectivity index (χ3n) is 6.99. The van der Waals surface area contributed by atoms with Crippen molar-refractivity contribution in [1.29, 1.82) is 0 Å². The van der Waals surface area contributed by atoms with Gasteiger partial charge in [0.1, 0.15) is 6.54 Å². The van der Waals surface area contributed by atoms with Crippen LogP contribution in [-0.4, -0.2) is 36.9 Å². The Morgan fingerprint density at radius 1 is 1.06 bits per heavy atom. The van der Waals surface area contributed by atoms with E-state index in [2.05, 4.69) is 0 Å². The molecule has 2 aromatic carbocycles. The van der Waals surface area contributed by atoms with E-state index in [9.17, 15) is 23.1 Å². The maximum absolute atomic E-state index is 13.4. The van der Waals surface area contributed by atoms with Gasteiger partial charge in [-0.25, -0.2) is 8.42 Å². The molecule has 0 amide bonds. The lowest BCUT2D eigenvalue weighted by Gasteiger charge is -2.30. The molecule has 36 heavy (non-hydrogen) atoms. The minimum absolute atomic E-state index is 0.00148. The van der Waals surface area contributed by atoms with Crippen LogP contribution < -0.4 is 4.31 Å². The predicted molar refractivity (Wildman–Crippen MR) is 139 cm³/mol. The summed E-state index contributed by atoms with van der Waals surface area (Å²) in [4.78, 5) is 25.1. The molecular weight excluding hydrogens is 476 g/mol. The van der Waals surface area contributed by atoms with Crippen molar-refractivity contribution in [3.8, 4) is 0 Å². The first-order valence-corrected chi connectivity index (χ1v) is 13.3. The average Bonchev–Trinajstić information content (AvgIpc) is 3.03. The Kier molecular flexibility index (Phi) is 6.60. The molecule has 190 valence electrons. The summed E-state index contributed by atoms with van der Waals surface area (Å²) in [6.45, 7) is 7.55. The monoisotopic (exact) mass is 508 g/mol. The van der Waals surface area contributed by atoms with Crippen LogP contribution >= 0.6 is 0 Å². The molecule has 0 radical (unpaired) electrons. The van der Waals surface area contributed by atoms with Crippen LogP contribution in [0.15, 0.2) is 53.4 Å². The lowest BCUT2D eigenvalue weighted by Crippen LogP contribution is -2.29. The fourth-order valence-corrected chi connectivity index (χ4v) is 6.36. The summed E-state index contributed by atoms with van der Waals surface area (Å²) in [5.41, 5.74) is 4.80. The van der Waals surface area contributed by atoms with Crippen molar-refractivity contribution in [2.24, 2.45) is 5.41 Å². The summed E-state index contributed by atoms with van der Waals surface area (Å²) in [5.74, 6) is -0.968. The molecule has 8 heteroatoms. The van der Waals surface area contributed by atoms with E-state index in [0.717, 1.165) is 28.1 Å². The largest absolute Gasteiger partial charge is 0.480 e. The number of Topliss-reactive ketones (excluding diaryl/α,β-unsaturated/α-hetero) is 1. The van der Waals surface area contributed by atoms with Crippen LogP contribution in [0.25, 0.3) is 0 Å². The molecule has 0 saturated carbocycles. The highest BCUT2D eigenvalue weighted by molar-refractivity contribution is 7.92. The van der Waals surface area contributed by atoms with E-state index in [-0.39, 0.29) is 22.6 Å². The highest BCUT2D eigenvalue weighted by Gasteiger charge is 2.37. The second kappa shape index (κ2) is 9.24. The number of anilines is 1. The zero-order valence-corrected chi connectivity index (χ0v) is 22.1. The molecule has 0 bridgehead atoms. The minimum Gasteiger partial charge on any atom is -0.480 e. The van der Waals surface area contributed by atoms with Crippen molar-refractivity contribution in [3.05, 3.63) is 82.2 Å². The SMILES string of the molecule is Cc1ccc(S(=O)(=O)N(C)c2ccccc2Cc2c3c(n(CC(=O)O)c2C)CC(C)(C)CC3=O)cc1. The molecule has 0 fully saturated rings. The number of carbonyl (C=O) groups excluding carboxylic acids is 1. The van der Waals surface area contributed by atoms with Crippen LogP contribution in [0.4, 0.5) is 5.69 Å². The van der Waals surface area contributed by atoms with E-state index < -0.39 is 16.0 Å². The third-order valence-corrected chi connectivity index (χ3v) is 8.78. The van der Waals surface area contributed by atoms with Crippen molar-refractivity contribution in [3.63, 3.8) is 0 Å². The van der Waals surface area contributed by atoms with Gasteiger partial charge in [-0.05, 0) is 55.0 Å². The number of sulfonamides is 1. The molecular formula is C28H32N2O5S. The van der Waals surface area contributed by atoms with E-state index in [1.807, 2.05) is 39.8 Å². The van der Waals surface area contributed by atoms with Crippen LogP contribution in [-0.2, 0) is 34.2 Å². The standard InChI is InChI=1S/C28H32N2O5S/c1-18-10-12-21(13-11-18)36(34,35)29(5)23-9-7-6-8-20(23)14-22-19(2)30(17-26(32)33)24-15-28(3,4)16-25(31)27(22)24/h6-13H,14-17H2,1-5H3,(H,32,33). The number of aromatic nitrogens is 1. The molecule has 1 N–H and O–H groups in total. The summed E-state index contributed by atoms with van der Waals surface area (Å²) < 4.78 is 29.8. The van der Waals surface area contributed by atoms with Crippen molar-refractivity contribution in [2.45, 2.75) is 58.4 Å². The Balaban J connectivity index is 1.80. The van der Waals surface area contributed by atoms with Crippen LogP contribution in [0.2, 0.25) is 0 Å². The number of hydrogen-bond acceptors (Lipinski definition) is 4. The van der Waals surface area contributed by atoms with Gasteiger partial charge in [-0.15, -0.1) is 0 Å². The molecule has 0 unspecified atom stereocenters. The van der Waals surface area contributed by atoms with Crippen LogP contribution in [0, 0.1) is 19.3 Å². The van der Waals surface area contributed by atoms with Crippen molar-refractivity contribution in [2.75, 3.05) is 11.4 Å². The summed E-state index contributed by atoms with van der Waals surface area (Å²) in [5, 5.41) is 9.54. The zero-order chi connectivity index (χ0) is 26.4. The number of carboxylic acids is 1. The van der Waals surface area contributed by atoms with Gasteiger partial charge in [0.05, 0.1) is 10.6 Å². The van der Waals surface area contributed by atoms with Crippen molar-refractivity contribution in [1.82, 2.24) is 4.57 Å². The maximum Gasteiger partial charge on any atom is 0.323 e. The first-order valence-electron chi connectivity index (χ1n) is 11.9. The van der Waals surface area contributed by atoms with Crippen LogP contribution in [0.1, 0.15) is 58.7 Å². The van der Waals surface area contributed by atoms with Gasteiger partial charge >= 0.3 is 5.97 Å². The Morgan fingerprint density at radius 2 is 1.69 bits per heavy atom. The molecule has 1 heterocycles. The summed E-state index contributed by atoms with van der Waals surface area (Å²) in [6, 6.07) is 13.9. The van der Waals surface area contributed by atoms with Gasteiger partial charge in [0.2, 0.25) is 0 Å². The highest BCUT2D eigenvalue weighted by atomic mass is 32.2. The minimum atomic E-state index is -3.80. The lowest BCUT2D eigenvalue weighted by molar-refractivity contribution is -0.137. The summed E-state index contributed by atoms with van der Waals surface area (Å²) in [6.07, 6.45) is 1.30. The first kappa shape index (κ1) is 25.7. The van der Waals surface area contributed by atoms with Gasteiger partial charge in [-0.3, -0.25) is 13.9 Å². The van der Waals surface area contributed by atoms with Gasteiger partial charge in [0.15, 0.2) is 5.78 Å². The molecule has 3 aromatic rings. The van der Waals surface area contributed by atoms with Gasteiger partial charge < -0.3 is 9.67 Å². The first-order chi connectivity index (χ1) is 16.8. The third kappa shape index (κ3) is 4.69. The predicted octanol–water partition coefficient (Wildman–Crippen LogP) is 4.76. The van der Waals surface area contributed by atoms with Gasteiger partial charge in [0, 0.05) is 36.8 Å². The molecule has 0 saturated heterocycles. The average molecular weight is 509 g/mol. The molecule has 0 atom stereocenters. The van der Waals surface area contributed by atoms with Gasteiger partial charge in [-0.1, -0.05) is 49.7 Å². The fourth-order valence-electron chi connectivity index (χ4n) is 5.13. The summed E-state index contributed by atoms with van der Waals surface area (Å²) >= 11 is 0. The lowest BCUT2D eigenvalue weighted by atomic mass is 9.75. The van der Waals surface area contributed by atoms with E-state index in [0.29, 0.717) is 30.5 Å². The Bertz CT molecular complexity index is 1450. The number of benzene rings is 2. The van der Waals surface area contributed by atoms with Gasteiger partial charge in [0.25, 0.3) is 10.0 Å². The van der Waals surface area contributed by atoms with E-state index in [1.54, 1.807) is 41.0 Å². The van der Waals surface area contributed by atoms with Crippen molar-refractivity contribution < 1.29 is 23.1 Å². The van der Waals surface area contributed by atoms with Crippen LogP contribution in [0.5, 0.6) is 0 Å². The fraction of sp³-hybridized carbons (Fsp3) is 0.357. The molecule has 1 aromatic heterocycles. The second-order valence-corrected chi connectivity index (χ2v) is 12.4.